The molecule has 0 heterocycles. The maximum Gasteiger partial charge on any atom is 0.152 e. The Labute approximate surface area is 75.9 Å². The number of rotatable bonds is 2. The number of carbonyl (C=O) groups is 1. The zero-order chi connectivity index (χ0) is 9.99. The highest BCUT2D eigenvalue weighted by atomic mass is 16.1. The Morgan fingerprint density at radius 3 is 1.75 bits per heavy atom. The molecule has 1 nitrogen and oxygen atoms in total. The summed E-state index contributed by atoms with van der Waals surface area (Å²) in [5.74, 6) is 0.118. The van der Waals surface area contributed by atoms with Gasteiger partial charge < -0.3 is 0 Å². The van der Waals surface area contributed by atoms with Crippen LogP contribution in [0.3, 0.4) is 0 Å². The monoisotopic (exact) mass is 168 g/mol. The van der Waals surface area contributed by atoms with E-state index in [9.17, 15) is 4.79 Å². The molecule has 12 heavy (non-hydrogen) atoms. The summed E-state index contributed by atoms with van der Waals surface area (Å²) in [6.45, 7) is 12.4. The van der Waals surface area contributed by atoms with E-state index in [1.165, 1.54) is 0 Å². The van der Waals surface area contributed by atoms with Crippen molar-refractivity contribution in [2.45, 2.75) is 41.5 Å². The summed E-state index contributed by atoms with van der Waals surface area (Å²) in [7, 11) is 0. The lowest BCUT2D eigenvalue weighted by molar-refractivity contribution is -0.112. The van der Waals surface area contributed by atoms with Gasteiger partial charge >= 0.3 is 0 Å². The number of hydrogen-bond donors (Lipinski definition) is 0. The topological polar surface area (TPSA) is 17.1 Å². The number of ketones is 1. The van der Waals surface area contributed by atoms with E-state index in [0.29, 0.717) is 0 Å². The maximum atomic E-state index is 10.7. The van der Waals surface area contributed by atoms with Crippen molar-refractivity contribution in [3.63, 3.8) is 0 Å². The normalized spacial score (nSPS) is 13.8. The number of hydrogen-bond acceptors (Lipinski definition) is 1. The summed E-state index contributed by atoms with van der Waals surface area (Å²) in [6, 6.07) is 0. The van der Waals surface area contributed by atoms with E-state index >= 15 is 0 Å². The first-order valence-electron chi connectivity index (χ1n) is 4.36. The summed E-state index contributed by atoms with van der Waals surface area (Å²) in [5, 5.41) is 0. The Kier molecular flexibility index (Phi) is 3.25. The third-order valence-corrected chi connectivity index (χ3v) is 2.67. The zero-order valence-electron chi connectivity index (χ0n) is 9.06. The van der Waals surface area contributed by atoms with Crippen molar-refractivity contribution in [3.05, 3.63) is 12.2 Å². The Hall–Kier alpha value is -0.590. The van der Waals surface area contributed by atoms with E-state index in [2.05, 4.69) is 34.6 Å². The van der Waals surface area contributed by atoms with Crippen molar-refractivity contribution >= 4 is 5.78 Å². The van der Waals surface area contributed by atoms with E-state index in [4.69, 9.17) is 0 Å². The molecule has 0 rings (SSSR count). The van der Waals surface area contributed by atoms with Crippen molar-refractivity contribution in [1.29, 1.82) is 0 Å². The van der Waals surface area contributed by atoms with Crippen LogP contribution < -0.4 is 0 Å². The van der Waals surface area contributed by atoms with Crippen LogP contribution in [-0.4, -0.2) is 5.78 Å². The molecule has 0 aliphatic carbocycles. The lowest BCUT2D eigenvalue weighted by Crippen LogP contribution is -2.27. The van der Waals surface area contributed by atoms with Gasteiger partial charge in [-0.15, -0.1) is 0 Å². The van der Waals surface area contributed by atoms with Gasteiger partial charge in [0.2, 0.25) is 0 Å². The second kappa shape index (κ2) is 3.42. The highest BCUT2D eigenvalue weighted by Crippen LogP contribution is 2.38. The highest BCUT2D eigenvalue weighted by Gasteiger charge is 2.29. The molecular weight excluding hydrogens is 148 g/mol. The van der Waals surface area contributed by atoms with Gasteiger partial charge in [-0.2, -0.15) is 0 Å². The van der Waals surface area contributed by atoms with E-state index in [1.807, 2.05) is 6.08 Å². The maximum absolute atomic E-state index is 10.7. The molecule has 0 aliphatic heterocycles. The van der Waals surface area contributed by atoms with Gasteiger partial charge in [0.1, 0.15) is 0 Å². The third-order valence-electron chi connectivity index (χ3n) is 2.67. The lowest BCUT2D eigenvalue weighted by Gasteiger charge is -2.36. The molecule has 0 atom stereocenters. The Balaban J connectivity index is 4.54. The largest absolute Gasteiger partial charge is 0.295 e. The summed E-state index contributed by atoms with van der Waals surface area (Å²) < 4.78 is 0. The van der Waals surface area contributed by atoms with Crippen molar-refractivity contribution in [2.75, 3.05) is 0 Å². The average molecular weight is 168 g/mol. The lowest BCUT2D eigenvalue weighted by atomic mass is 9.69. The molecule has 0 unspecified atom stereocenters. The molecule has 0 aliphatic rings. The van der Waals surface area contributed by atoms with E-state index in [-0.39, 0.29) is 16.6 Å². The molecule has 0 spiro atoms. The first-order valence-corrected chi connectivity index (χ1v) is 4.36. The fraction of sp³-hybridized carbons (Fsp3) is 0.727. The van der Waals surface area contributed by atoms with Gasteiger partial charge in [-0.3, -0.25) is 4.79 Å². The fourth-order valence-electron chi connectivity index (χ4n) is 0.576. The van der Waals surface area contributed by atoms with Crippen LogP contribution in [0.5, 0.6) is 0 Å². The van der Waals surface area contributed by atoms with Crippen LogP contribution >= 0.6 is 0 Å². The minimum atomic E-state index is 0.0681. The van der Waals surface area contributed by atoms with Crippen LogP contribution in [0.2, 0.25) is 0 Å². The first-order chi connectivity index (χ1) is 5.17. The highest BCUT2D eigenvalue weighted by molar-refractivity contribution is 5.87. The summed E-state index contributed by atoms with van der Waals surface area (Å²) in [4.78, 5) is 10.7. The molecule has 0 saturated carbocycles. The fourth-order valence-corrected chi connectivity index (χ4v) is 0.576. The van der Waals surface area contributed by atoms with Gasteiger partial charge in [-0.1, -0.05) is 40.7 Å². The van der Waals surface area contributed by atoms with Crippen molar-refractivity contribution in [2.24, 2.45) is 10.8 Å². The van der Waals surface area contributed by atoms with Gasteiger partial charge in [0.15, 0.2) is 5.78 Å². The number of allylic oxidation sites excluding steroid dienone is 2. The molecule has 0 fully saturated rings. The summed E-state index contributed by atoms with van der Waals surface area (Å²) >= 11 is 0. The Bertz CT molecular complexity index is 192. The van der Waals surface area contributed by atoms with Crippen LogP contribution in [-0.2, 0) is 4.79 Å². The SMILES string of the molecule is CC(=O)/C=C/C(C)(C)C(C)(C)C. The second-order valence-electron chi connectivity index (χ2n) is 4.92. The van der Waals surface area contributed by atoms with Gasteiger partial charge in [0, 0.05) is 0 Å². The third kappa shape index (κ3) is 3.21. The predicted octanol–water partition coefficient (Wildman–Crippen LogP) is 3.20. The van der Waals surface area contributed by atoms with Crippen LogP contribution in [0.25, 0.3) is 0 Å². The molecule has 0 aromatic carbocycles. The molecule has 70 valence electrons. The zero-order valence-corrected chi connectivity index (χ0v) is 9.06. The predicted molar refractivity (Wildman–Crippen MR) is 53.1 cm³/mol. The molecule has 0 amide bonds. The second-order valence-corrected chi connectivity index (χ2v) is 4.92. The van der Waals surface area contributed by atoms with Gasteiger partial charge in [0.05, 0.1) is 0 Å². The van der Waals surface area contributed by atoms with E-state index < -0.39 is 0 Å². The van der Waals surface area contributed by atoms with Crippen LogP contribution in [0, 0.1) is 10.8 Å². The Morgan fingerprint density at radius 1 is 1.08 bits per heavy atom. The molecule has 0 aromatic rings. The van der Waals surface area contributed by atoms with Gasteiger partial charge in [-0.25, -0.2) is 0 Å². The van der Waals surface area contributed by atoms with E-state index in [0.717, 1.165) is 0 Å². The number of carbonyl (C=O) groups excluding carboxylic acids is 1. The van der Waals surface area contributed by atoms with Crippen LogP contribution in [0.4, 0.5) is 0 Å². The molecular formula is C11H20O. The smallest absolute Gasteiger partial charge is 0.152 e. The minimum Gasteiger partial charge on any atom is -0.295 e. The summed E-state index contributed by atoms with van der Waals surface area (Å²) in [5.41, 5.74) is 0.262. The quantitative estimate of drug-likeness (QED) is 0.579. The molecule has 0 radical (unpaired) electrons. The molecule has 0 saturated heterocycles. The first kappa shape index (κ1) is 11.4. The van der Waals surface area contributed by atoms with Gasteiger partial charge in [-0.05, 0) is 23.8 Å². The molecule has 0 N–H and O–H groups in total. The molecule has 0 aromatic heterocycles. The molecule has 0 bridgehead atoms. The van der Waals surface area contributed by atoms with Crippen molar-refractivity contribution < 1.29 is 4.79 Å². The van der Waals surface area contributed by atoms with E-state index in [1.54, 1.807) is 13.0 Å². The van der Waals surface area contributed by atoms with Crippen LogP contribution in [0.15, 0.2) is 12.2 Å². The molecule has 1 heteroatoms. The van der Waals surface area contributed by atoms with Crippen molar-refractivity contribution in [3.8, 4) is 0 Å². The standard InChI is InChI=1S/C11H20O/c1-9(12)7-8-11(5,6)10(2,3)4/h7-8H,1-6H3/b8-7+. The minimum absolute atomic E-state index is 0.0681. The Morgan fingerprint density at radius 2 is 1.50 bits per heavy atom. The summed E-state index contributed by atoms with van der Waals surface area (Å²) in [6.07, 6.45) is 3.65. The average Bonchev–Trinajstić information content (AvgIpc) is 1.81. The van der Waals surface area contributed by atoms with Gasteiger partial charge in [0.25, 0.3) is 0 Å². The van der Waals surface area contributed by atoms with Crippen molar-refractivity contribution in [1.82, 2.24) is 0 Å². The van der Waals surface area contributed by atoms with Crippen LogP contribution in [0.1, 0.15) is 41.5 Å².